The summed E-state index contributed by atoms with van der Waals surface area (Å²) in [6, 6.07) is 48.6. The normalized spacial score (nSPS) is 10.8. The zero-order valence-corrected chi connectivity index (χ0v) is 33.5. The summed E-state index contributed by atoms with van der Waals surface area (Å²) in [5.74, 6) is 0.500. The Morgan fingerprint density at radius 1 is 0.554 bits per heavy atom. The SMILES string of the molecule is Cn1c(-c2ccc(O)cc2)cc2c(Cl)ncnc21.Cn1c(-c2ccc(O)cc2)cc2c(Sc3ccccc3)nc(Sc3ccccc3)nc21.Sc1ccccc1. The molecule has 0 fully saturated rings. The van der Waals surface area contributed by atoms with Crippen LogP contribution in [0.2, 0.25) is 5.15 Å². The molecule has 0 spiro atoms. The summed E-state index contributed by atoms with van der Waals surface area (Å²) in [5.41, 5.74) is 5.69. The van der Waals surface area contributed by atoms with Gasteiger partial charge in [-0.3, -0.25) is 0 Å². The van der Waals surface area contributed by atoms with E-state index < -0.39 is 0 Å². The van der Waals surface area contributed by atoms with Crippen LogP contribution in [0.4, 0.5) is 0 Å². The molecule has 5 aromatic carbocycles. The number of fused-ring (bicyclic) bond motifs is 2. The number of phenols is 2. The maximum Gasteiger partial charge on any atom is 0.195 e. The van der Waals surface area contributed by atoms with Gasteiger partial charge >= 0.3 is 0 Å². The molecule has 9 aromatic rings. The maximum absolute atomic E-state index is 9.66. The molecular weight excluding hydrogens is 776 g/mol. The van der Waals surface area contributed by atoms with Crippen LogP contribution in [0.5, 0.6) is 11.5 Å². The highest BCUT2D eigenvalue weighted by Crippen LogP contribution is 2.38. The van der Waals surface area contributed by atoms with Crippen LogP contribution >= 0.6 is 47.8 Å². The summed E-state index contributed by atoms with van der Waals surface area (Å²) >= 11 is 13.3. The van der Waals surface area contributed by atoms with Gasteiger partial charge < -0.3 is 19.3 Å². The zero-order chi connectivity index (χ0) is 39.0. The summed E-state index contributed by atoms with van der Waals surface area (Å²) in [7, 11) is 3.94. The van der Waals surface area contributed by atoms with Gasteiger partial charge in [0.15, 0.2) is 5.16 Å². The first-order valence-electron chi connectivity index (χ1n) is 17.4. The van der Waals surface area contributed by atoms with Gasteiger partial charge in [0.25, 0.3) is 0 Å². The molecule has 8 nitrogen and oxygen atoms in total. The largest absolute Gasteiger partial charge is 0.508 e. The number of hydrogen-bond donors (Lipinski definition) is 3. The van der Waals surface area contributed by atoms with Gasteiger partial charge in [-0.1, -0.05) is 78.0 Å². The first-order valence-corrected chi connectivity index (χ1v) is 19.8. The monoisotopic (exact) mass is 810 g/mol. The Morgan fingerprint density at radius 3 is 1.54 bits per heavy atom. The van der Waals surface area contributed by atoms with Gasteiger partial charge in [-0.15, -0.1) is 12.6 Å². The number of aromatic nitrogens is 6. The van der Waals surface area contributed by atoms with Crippen LogP contribution < -0.4 is 0 Å². The van der Waals surface area contributed by atoms with E-state index in [4.69, 9.17) is 21.6 Å². The third kappa shape index (κ3) is 9.21. The molecule has 0 unspecified atom stereocenters. The molecule has 2 N–H and O–H groups in total. The highest BCUT2D eigenvalue weighted by molar-refractivity contribution is 8.00. The van der Waals surface area contributed by atoms with E-state index in [0.717, 1.165) is 69.5 Å². The van der Waals surface area contributed by atoms with E-state index in [-0.39, 0.29) is 11.5 Å². The van der Waals surface area contributed by atoms with E-state index in [2.05, 4.69) is 57.5 Å². The van der Waals surface area contributed by atoms with Crippen molar-refractivity contribution in [2.24, 2.45) is 14.1 Å². The van der Waals surface area contributed by atoms with Gasteiger partial charge in [0.2, 0.25) is 0 Å². The van der Waals surface area contributed by atoms with Crippen LogP contribution in [0.1, 0.15) is 0 Å². The fourth-order valence-corrected chi connectivity index (χ4v) is 7.91. The molecule has 9 rings (SSSR count). The lowest BCUT2D eigenvalue weighted by Crippen LogP contribution is -1.96. The summed E-state index contributed by atoms with van der Waals surface area (Å²) < 4.78 is 4.04. The van der Waals surface area contributed by atoms with Crippen LogP contribution in [0.25, 0.3) is 44.6 Å². The molecule has 0 saturated carbocycles. The van der Waals surface area contributed by atoms with Gasteiger partial charge in [0, 0.05) is 28.8 Å². The number of hydrogen-bond acceptors (Lipinski definition) is 9. The molecule has 278 valence electrons. The average molecular weight is 811 g/mol. The van der Waals surface area contributed by atoms with Gasteiger partial charge in [-0.2, -0.15) is 0 Å². The smallest absolute Gasteiger partial charge is 0.195 e. The second kappa shape index (κ2) is 17.8. The van der Waals surface area contributed by atoms with Crippen LogP contribution in [0.3, 0.4) is 0 Å². The second-order valence-electron chi connectivity index (χ2n) is 12.4. The molecular formula is C44H35ClN6O2S3. The zero-order valence-electron chi connectivity index (χ0n) is 30.2. The third-order valence-corrected chi connectivity index (χ3v) is 11.1. The van der Waals surface area contributed by atoms with Crippen molar-refractivity contribution >= 4 is 69.8 Å². The molecule has 4 heterocycles. The molecule has 4 aromatic heterocycles. The Labute approximate surface area is 343 Å². The van der Waals surface area contributed by atoms with Crippen molar-refractivity contribution in [2.75, 3.05) is 0 Å². The van der Waals surface area contributed by atoms with Crippen LogP contribution in [0.15, 0.2) is 183 Å². The summed E-state index contributed by atoms with van der Waals surface area (Å²) in [6.07, 6.45) is 1.45. The lowest BCUT2D eigenvalue weighted by molar-refractivity contribution is 0.475. The minimum absolute atomic E-state index is 0.246. The standard InChI is InChI=1S/C25H19N3OS2.C13H10ClN3O.C6H6S/c1-28-22(17-12-14-18(29)15-13-17)16-21-23(28)26-25(31-20-10-6-3-7-11-20)27-24(21)30-19-8-4-2-5-9-19;1-17-11(8-2-4-9(18)5-3-8)6-10-12(14)15-7-16-13(10)17;7-6-4-2-1-3-5-6/h2-16,29H,1H3;2-7,18H,1H3;1-5,7H. The second-order valence-corrected chi connectivity index (χ2v) is 15.4. The number of rotatable bonds is 6. The molecule has 0 aliphatic carbocycles. The van der Waals surface area contributed by atoms with E-state index >= 15 is 0 Å². The number of thiol groups is 1. The first kappa shape index (κ1) is 38.6. The first-order chi connectivity index (χ1) is 27.2. The lowest BCUT2D eigenvalue weighted by atomic mass is 10.1. The topological polar surface area (TPSA) is 102 Å². The highest BCUT2D eigenvalue weighted by Gasteiger charge is 2.17. The van der Waals surface area contributed by atoms with Gasteiger partial charge in [0.05, 0.1) is 22.2 Å². The molecule has 0 bridgehead atoms. The number of nitrogens with zero attached hydrogens (tertiary/aromatic N) is 6. The average Bonchev–Trinajstić information content (AvgIpc) is 3.74. The molecule has 0 radical (unpaired) electrons. The summed E-state index contributed by atoms with van der Waals surface area (Å²) in [4.78, 5) is 21.2. The van der Waals surface area contributed by atoms with E-state index in [0.29, 0.717) is 5.15 Å². The van der Waals surface area contributed by atoms with E-state index in [9.17, 15) is 10.2 Å². The Balaban J connectivity index is 0.000000160. The highest BCUT2D eigenvalue weighted by atomic mass is 35.5. The van der Waals surface area contributed by atoms with Crippen molar-refractivity contribution in [3.8, 4) is 34.0 Å². The Hall–Kier alpha value is -5.72. The number of phenolic OH excluding ortho intramolecular Hbond substituents is 2. The van der Waals surface area contributed by atoms with E-state index in [1.165, 1.54) is 6.33 Å². The number of halogens is 1. The summed E-state index contributed by atoms with van der Waals surface area (Å²) in [6.45, 7) is 0. The quantitative estimate of drug-likeness (QED) is 0.0867. The minimum atomic E-state index is 0.246. The number of aromatic hydroxyl groups is 2. The van der Waals surface area contributed by atoms with Crippen molar-refractivity contribution < 1.29 is 10.2 Å². The van der Waals surface area contributed by atoms with Gasteiger partial charge in [0.1, 0.15) is 39.3 Å². The number of aryl methyl sites for hydroxylation is 2. The van der Waals surface area contributed by atoms with Crippen molar-refractivity contribution in [3.05, 3.63) is 163 Å². The van der Waals surface area contributed by atoms with Crippen molar-refractivity contribution in [1.29, 1.82) is 0 Å². The fourth-order valence-electron chi connectivity index (χ4n) is 5.82. The molecule has 56 heavy (non-hydrogen) atoms. The minimum Gasteiger partial charge on any atom is -0.508 e. The Morgan fingerprint density at radius 2 is 1.04 bits per heavy atom. The predicted octanol–water partition coefficient (Wildman–Crippen LogP) is 11.6. The number of benzene rings is 5. The van der Waals surface area contributed by atoms with Crippen molar-refractivity contribution in [3.63, 3.8) is 0 Å². The Kier molecular flexibility index (Phi) is 12.3. The van der Waals surface area contributed by atoms with Crippen LogP contribution in [0, 0.1) is 0 Å². The molecule has 0 aliphatic heterocycles. The molecule has 12 heteroatoms. The van der Waals surface area contributed by atoms with Gasteiger partial charge in [-0.05, 0) is 120 Å². The molecule has 0 atom stereocenters. The fraction of sp³-hybridized carbons (Fsp3) is 0.0455. The van der Waals surface area contributed by atoms with Crippen molar-refractivity contribution in [2.45, 2.75) is 24.9 Å². The van der Waals surface area contributed by atoms with Crippen molar-refractivity contribution in [1.82, 2.24) is 29.1 Å². The molecule has 0 amide bonds. The van der Waals surface area contributed by atoms with E-state index in [1.54, 1.807) is 47.8 Å². The summed E-state index contributed by atoms with van der Waals surface area (Å²) in [5, 5.41) is 22.9. The molecule has 0 aliphatic rings. The van der Waals surface area contributed by atoms with Crippen LogP contribution in [-0.2, 0) is 14.1 Å². The van der Waals surface area contributed by atoms with Gasteiger partial charge in [-0.25, -0.2) is 19.9 Å². The maximum atomic E-state index is 9.66. The van der Waals surface area contributed by atoms with Crippen LogP contribution in [-0.4, -0.2) is 39.3 Å². The third-order valence-electron chi connectivity index (χ3n) is 8.60. The Bertz CT molecular complexity index is 2690. The van der Waals surface area contributed by atoms with E-state index in [1.807, 2.05) is 116 Å². The lowest BCUT2D eigenvalue weighted by Gasteiger charge is -2.07. The predicted molar refractivity (Wildman–Crippen MR) is 231 cm³/mol. The molecule has 0 saturated heterocycles.